The molecule has 0 saturated carbocycles. The standard InChI is InChI=1S/C40H42ClF2N7O4/c1-21-23(8-6-11-26(21)44-36-33-30(19-28(45-36)35(42)43)48(2)39(53)49(3)38(33)52)24-9-5-10-25(34(24)41)27-18-22-13-14-29(32(22)37(46-27)54-4)50-17-16-40(20-50)15-7-12-31(51)47-40/h5-6,8-11,18-19,29,35,38,52H,7,12-17,20H2,1-4H3,(H,44,45)(H,47,51). The second kappa shape index (κ2) is 13.8. The number of aryl methyl sites for hydroxylation is 1. The largest absolute Gasteiger partial charge is 0.481 e. The van der Waals surface area contributed by atoms with E-state index in [1.165, 1.54) is 24.6 Å². The Morgan fingerprint density at radius 1 is 1.04 bits per heavy atom. The molecule has 0 bridgehead atoms. The molecule has 3 amide bonds. The lowest BCUT2D eigenvalue weighted by atomic mass is 9.88. The first-order chi connectivity index (χ1) is 25.9. The van der Waals surface area contributed by atoms with E-state index in [2.05, 4.69) is 26.6 Å². The van der Waals surface area contributed by atoms with Crippen molar-refractivity contribution in [2.75, 3.05) is 44.5 Å². The molecule has 0 radical (unpaired) electrons. The van der Waals surface area contributed by atoms with Crippen molar-refractivity contribution in [3.63, 3.8) is 0 Å². The van der Waals surface area contributed by atoms with Crippen LogP contribution in [0.1, 0.15) is 78.7 Å². The first-order valence-electron chi connectivity index (χ1n) is 18.2. The van der Waals surface area contributed by atoms with Gasteiger partial charge in [-0.1, -0.05) is 41.9 Å². The molecule has 2 saturated heterocycles. The molecule has 3 N–H and O–H groups in total. The Hall–Kier alpha value is -4.85. The predicted molar refractivity (Wildman–Crippen MR) is 202 cm³/mol. The number of carbonyl (C=O) groups is 2. The van der Waals surface area contributed by atoms with E-state index in [-0.39, 0.29) is 34.6 Å². The maximum absolute atomic E-state index is 14.0. The normalized spacial score (nSPS) is 22.5. The summed E-state index contributed by atoms with van der Waals surface area (Å²) in [6.45, 7) is 3.61. The SMILES string of the molecule is COc1nc(-c2cccc(-c3cccc(Nc4nc(C(F)F)cc5c4C(O)N(C)C(=O)N5C)c3C)c2Cl)cc2c1C(N1CCC3(CCCC(=O)N3)C1)CC2. The average molecular weight is 758 g/mol. The number of anilines is 3. The summed E-state index contributed by atoms with van der Waals surface area (Å²) in [4.78, 5) is 39.0. The van der Waals surface area contributed by atoms with Crippen molar-refractivity contribution in [2.45, 2.75) is 69.7 Å². The number of nitrogens with zero attached hydrogens (tertiary/aromatic N) is 5. The summed E-state index contributed by atoms with van der Waals surface area (Å²) < 4.78 is 34.0. The highest BCUT2D eigenvalue weighted by Gasteiger charge is 2.45. The maximum Gasteiger partial charge on any atom is 0.326 e. The second-order valence-corrected chi connectivity index (χ2v) is 15.2. The third-order valence-corrected chi connectivity index (χ3v) is 12.0. The van der Waals surface area contributed by atoms with Gasteiger partial charge in [0.2, 0.25) is 11.8 Å². The van der Waals surface area contributed by atoms with Gasteiger partial charge in [0.25, 0.3) is 6.43 Å². The molecular formula is C40H42ClF2N7O4. The van der Waals surface area contributed by atoms with Gasteiger partial charge in [0.05, 0.1) is 34.6 Å². The Labute approximate surface area is 317 Å². The van der Waals surface area contributed by atoms with Gasteiger partial charge in [0.15, 0.2) is 6.23 Å². The van der Waals surface area contributed by atoms with Crippen molar-refractivity contribution in [1.82, 2.24) is 25.1 Å². The molecule has 282 valence electrons. The number of hydrogen-bond acceptors (Lipinski definition) is 8. The predicted octanol–water partition coefficient (Wildman–Crippen LogP) is 7.69. The van der Waals surface area contributed by atoms with Crippen LogP contribution in [0.25, 0.3) is 22.4 Å². The van der Waals surface area contributed by atoms with Gasteiger partial charge < -0.3 is 20.5 Å². The number of benzene rings is 2. The minimum Gasteiger partial charge on any atom is -0.481 e. The van der Waals surface area contributed by atoms with Crippen LogP contribution in [0.15, 0.2) is 48.5 Å². The smallest absolute Gasteiger partial charge is 0.326 e. The number of likely N-dealkylation sites (tertiary alicyclic amines) is 1. The Bertz CT molecular complexity index is 2190. The Balaban J connectivity index is 1.12. The number of halogens is 3. The molecule has 2 aromatic heterocycles. The van der Waals surface area contributed by atoms with Crippen LogP contribution in [0.3, 0.4) is 0 Å². The second-order valence-electron chi connectivity index (χ2n) is 14.8. The van der Waals surface area contributed by atoms with E-state index in [9.17, 15) is 23.5 Å². The van der Waals surface area contributed by atoms with E-state index in [0.29, 0.717) is 28.7 Å². The number of aromatic nitrogens is 2. The highest BCUT2D eigenvalue weighted by molar-refractivity contribution is 6.36. The van der Waals surface area contributed by atoms with Crippen molar-refractivity contribution < 1.29 is 28.2 Å². The zero-order valence-electron chi connectivity index (χ0n) is 30.5. The fraction of sp³-hybridized carbons (Fsp3) is 0.400. The minimum absolute atomic E-state index is 0.0157. The van der Waals surface area contributed by atoms with Gasteiger partial charge in [-0.3, -0.25) is 19.5 Å². The van der Waals surface area contributed by atoms with Gasteiger partial charge in [0, 0.05) is 62.0 Å². The maximum atomic E-state index is 14.0. The third-order valence-electron chi connectivity index (χ3n) is 11.6. The van der Waals surface area contributed by atoms with E-state index in [4.69, 9.17) is 21.3 Å². The van der Waals surface area contributed by atoms with Crippen LogP contribution in [0.5, 0.6) is 5.88 Å². The Morgan fingerprint density at radius 2 is 1.80 bits per heavy atom. The lowest BCUT2D eigenvalue weighted by Crippen LogP contribution is -2.53. The number of urea groups is 1. The third kappa shape index (κ3) is 6.02. The number of piperidine rings is 1. The van der Waals surface area contributed by atoms with Gasteiger partial charge in [-0.05, 0) is 73.9 Å². The summed E-state index contributed by atoms with van der Waals surface area (Å²) in [5.74, 6) is 0.734. The molecular weight excluding hydrogens is 716 g/mol. The molecule has 8 rings (SSSR count). The number of alkyl halides is 2. The zero-order valence-corrected chi connectivity index (χ0v) is 31.3. The summed E-state index contributed by atoms with van der Waals surface area (Å²) in [6, 6.07) is 14.2. The van der Waals surface area contributed by atoms with Crippen LogP contribution in [0, 0.1) is 6.92 Å². The van der Waals surface area contributed by atoms with Crippen molar-refractivity contribution in [3.8, 4) is 28.3 Å². The fourth-order valence-electron chi connectivity index (χ4n) is 8.79. The van der Waals surface area contributed by atoms with Crippen molar-refractivity contribution in [3.05, 3.63) is 81.5 Å². The van der Waals surface area contributed by atoms with E-state index in [0.717, 1.165) is 84.0 Å². The molecule has 4 aromatic rings. The first-order valence-corrected chi connectivity index (χ1v) is 18.6. The number of ether oxygens (including phenoxy) is 1. The first kappa shape index (κ1) is 36.1. The lowest BCUT2D eigenvalue weighted by molar-refractivity contribution is -0.125. The number of methoxy groups -OCH3 is 1. The van der Waals surface area contributed by atoms with Crippen LogP contribution < -0.4 is 20.3 Å². The summed E-state index contributed by atoms with van der Waals surface area (Å²) >= 11 is 7.24. The number of aliphatic hydroxyl groups excluding tert-OH is 1. The minimum atomic E-state index is -2.90. The van der Waals surface area contributed by atoms with Crippen LogP contribution in [0.4, 0.5) is 30.8 Å². The van der Waals surface area contributed by atoms with Gasteiger partial charge in [-0.2, -0.15) is 0 Å². The van der Waals surface area contributed by atoms with Gasteiger partial charge in [-0.25, -0.2) is 23.5 Å². The Kier molecular flexibility index (Phi) is 9.22. The number of nitrogens with one attached hydrogen (secondary N) is 2. The lowest BCUT2D eigenvalue weighted by Gasteiger charge is -2.37. The molecule has 1 aliphatic carbocycles. The number of amides is 3. The molecule has 5 heterocycles. The molecule has 54 heavy (non-hydrogen) atoms. The van der Waals surface area contributed by atoms with Crippen molar-refractivity contribution >= 4 is 40.7 Å². The molecule has 11 nitrogen and oxygen atoms in total. The van der Waals surface area contributed by atoms with Crippen LogP contribution in [-0.2, 0) is 11.2 Å². The number of aliphatic hydroxyl groups is 1. The molecule has 1 spiro atoms. The number of carbonyl (C=O) groups excluding carboxylic acids is 2. The fourth-order valence-corrected chi connectivity index (χ4v) is 9.12. The highest BCUT2D eigenvalue weighted by Crippen LogP contribution is 2.47. The topological polar surface area (TPSA) is 123 Å². The van der Waals surface area contributed by atoms with Crippen LogP contribution in [-0.4, -0.2) is 76.6 Å². The molecule has 3 aliphatic heterocycles. The van der Waals surface area contributed by atoms with E-state index in [1.54, 1.807) is 13.2 Å². The summed E-state index contributed by atoms with van der Waals surface area (Å²) in [5.41, 5.74) is 6.23. The highest BCUT2D eigenvalue weighted by atomic mass is 35.5. The average Bonchev–Trinajstić information content (AvgIpc) is 3.77. The number of hydrogen-bond donors (Lipinski definition) is 3. The van der Waals surface area contributed by atoms with E-state index in [1.807, 2.05) is 37.3 Å². The van der Waals surface area contributed by atoms with E-state index >= 15 is 0 Å². The summed E-state index contributed by atoms with van der Waals surface area (Å²) in [6.07, 6.45) is 0.960. The van der Waals surface area contributed by atoms with Gasteiger partial charge >= 0.3 is 6.03 Å². The van der Waals surface area contributed by atoms with Gasteiger partial charge in [0.1, 0.15) is 11.5 Å². The molecule has 14 heteroatoms. The number of rotatable bonds is 7. The molecule has 3 unspecified atom stereocenters. The summed E-state index contributed by atoms with van der Waals surface area (Å²) in [7, 11) is 4.54. The zero-order chi connectivity index (χ0) is 38.1. The van der Waals surface area contributed by atoms with Crippen molar-refractivity contribution in [2.24, 2.45) is 0 Å². The molecule has 4 aliphatic rings. The van der Waals surface area contributed by atoms with Crippen LogP contribution in [0.2, 0.25) is 5.02 Å². The van der Waals surface area contributed by atoms with Crippen LogP contribution >= 0.6 is 11.6 Å². The molecule has 3 atom stereocenters. The van der Waals surface area contributed by atoms with Crippen molar-refractivity contribution in [1.29, 1.82) is 0 Å². The number of fused-ring (bicyclic) bond motifs is 2. The number of pyridine rings is 2. The monoisotopic (exact) mass is 757 g/mol. The molecule has 2 aromatic carbocycles. The van der Waals surface area contributed by atoms with E-state index < -0.39 is 24.4 Å². The summed E-state index contributed by atoms with van der Waals surface area (Å²) in [5, 5.41) is 18.0. The van der Waals surface area contributed by atoms with Gasteiger partial charge in [-0.15, -0.1) is 0 Å². The quantitative estimate of drug-likeness (QED) is 0.176. The Morgan fingerprint density at radius 3 is 2.56 bits per heavy atom. The molecule has 2 fully saturated rings.